The lowest BCUT2D eigenvalue weighted by Gasteiger charge is -2.28. The molecule has 9 nitrogen and oxygen atoms in total. The Morgan fingerprint density at radius 2 is 1.84 bits per heavy atom. The van der Waals surface area contributed by atoms with E-state index in [1.165, 1.54) is 24.2 Å². The number of amides is 2. The number of unbranched alkanes of at least 4 members (excludes halogenated alkanes) is 5. The third-order valence-electron chi connectivity index (χ3n) is 7.84. The van der Waals surface area contributed by atoms with Crippen molar-refractivity contribution in [1.82, 2.24) is 15.2 Å². The summed E-state index contributed by atoms with van der Waals surface area (Å²) in [6.45, 7) is 4.45. The minimum Gasteiger partial charge on any atom is -0.387 e. The monoisotopic (exact) mass is 607 g/mol. The van der Waals surface area contributed by atoms with Crippen molar-refractivity contribution >= 4 is 27.4 Å². The molecular weight excluding hydrogens is 562 g/mol. The summed E-state index contributed by atoms with van der Waals surface area (Å²) < 4.78 is 29.0. The van der Waals surface area contributed by atoms with Crippen molar-refractivity contribution in [3.8, 4) is 0 Å². The zero-order valence-corrected chi connectivity index (χ0v) is 26.2. The Hall–Kier alpha value is -3.47. The maximum Gasteiger partial charge on any atom is 0.338 e. The summed E-state index contributed by atoms with van der Waals surface area (Å²) in [5, 5.41) is 16.8. The molecule has 0 radical (unpaired) electrons. The van der Waals surface area contributed by atoms with Crippen LogP contribution in [0.1, 0.15) is 68.2 Å². The minimum atomic E-state index is -4.16. The Morgan fingerprint density at radius 3 is 2.58 bits per heavy atom. The number of pyridine rings is 1. The van der Waals surface area contributed by atoms with Crippen molar-refractivity contribution in [1.29, 1.82) is 0 Å². The highest BCUT2D eigenvalue weighted by molar-refractivity contribution is 7.93. The first-order chi connectivity index (χ1) is 20.8. The van der Waals surface area contributed by atoms with Crippen molar-refractivity contribution in [2.75, 3.05) is 42.8 Å². The average molecular weight is 608 g/mol. The number of fused-ring (bicyclic) bond motifs is 1. The Balaban J connectivity index is 1.45. The highest BCUT2D eigenvalue weighted by atomic mass is 32.2. The van der Waals surface area contributed by atoms with Gasteiger partial charge in [0.15, 0.2) is 0 Å². The number of hydrogen-bond acceptors (Lipinski definition) is 7. The molecule has 1 unspecified atom stereocenters. The molecule has 1 aliphatic rings. The van der Waals surface area contributed by atoms with Gasteiger partial charge in [0.1, 0.15) is 0 Å². The number of nitrogens with zero attached hydrogens (tertiary/aromatic N) is 3. The second-order valence-electron chi connectivity index (χ2n) is 11.2. The van der Waals surface area contributed by atoms with E-state index < -0.39 is 22.2 Å². The number of nitrogens with one attached hydrogen (secondary N) is 2. The topological polar surface area (TPSA) is 115 Å². The number of carbonyl (C=O) groups excluding carboxylic acids is 1. The van der Waals surface area contributed by atoms with Crippen molar-refractivity contribution in [2.45, 2.75) is 69.3 Å². The molecule has 1 atom stereocenters. The van der Waals surface area contributed by atoms with Crippen LogP contribution in [0, 0.1) is 0 Å². The minimum absolute atomic E-state index is 0.108. The van der Waals surface area contributed by atoms with E-state index in [9.17, 15) is 18.3 Å². The van der Waals surface area contributed by atoms with Crippen LogP contribution in [0.4, 0.5) is 16.2 Å². The lowest BCUT2D eigenvalue weighted by atomic mass is 10.1. The number of carbonyl (C=O) groups is 1. The number of hydrogen-bond donors (Lipinski definition) is 3. The molecule has 10 heteroatoms. The Morgan fingerprint density at radius 1 is 1.07 bits per heavy atom. The van der Waals surface area contributed by atoms with Gasteiger partial charge in [-0.05, 0) is 73.3 Å². The average Bonchev–Trinajstić information content (AvgIpc) is 3.50. The highest BCUT2D eigenvalue weighted by Gasteiger charge is 2.33. The standard InChI is InChI=1S/C33H45N5O4S/c1-3-4-5-6-7-8-22-37(2)33(40)38(43(41,42)30-15-16-31-27(23-30)18-21-36-31)29-13-11-26(12-14-29)17-20-35-25-32(39)28-10-9-19-34-24-28/h9-16,19,23-24,32,35-36,39H,3-8,17-18,20-22,25H2,1-2H3. The van der Waals surface area contributed by atoms with Gasteiger partial charge < -0.3 is 20.6 Å². The Kier molecular flexibility index (Phi) is 12.0. The summed E-state index contributed by atoms with van der Waals surface area (Å²) in [6.07, 6.45) is 10.6. The largest absolute Gasteiger partial charge is 0.387 e. The first-order valence-electron chi connectivity index (χ1n) is 15.4. The molecule has 4 rings (SSSR count). The first-order valence-corrected chi connectivity index (χ1v) is 16.8. The summed E-state index contributed by atoms with van der Waals surface area (Å²) in [6, 6.07) is 15.2. The highest BCUT2D eigenvalue weighted by Crippen LogP contribution is 2.30. The van der Waals surface area contributed by atoms with Gasteiger partial charge in [0.05, 0.1) is 16.7 Å². The van der Waals surface area contributed by atoms with E-state index >= 15 is 0 Å². The summed E-state index contributed by atoms with van der Waals surface area (Å²) in [5.41, 5.74) is 3.92. The van der Waals surface area contributed by atoms with E-state index in [0.29, 0.717) is 31.7 Å². The molecule has 0 spiro atoms. The van der Waals surface area contributed by atoms with E-state index in [4.69, 9.17) is 0 Å². The maximum atomic E-state index is 14.0. The van der Waals surface area contributed by atoms with Crippen molar-refractivity contribution in [3.63, 3.8) is 0 Å². The molecule has 2 heterocycles. The molecule has 0 saturated heterocycles. The number of rotatable bonds is 16. The molecule has 0 aliphatic carbocycles. The normalized spacial score (nSPS) is 13.3. The van der Waals surface area contributed by atoms with Gasteiger partial charge >= 0.3 is 6.03 Å². The lowest BCUT2D eigenvalue weighted by Crippen LogP contribution is -2.45. The fourth-order valence-electron chi connectivity index (χ4n) is 5.24. The predicted molar refractivity (Wildman–Crippen MR) is 172 cm³/mol. The molecule has 0 fully saturated rings. The number of benzene rings is 2. The number of sulfonamides is 1. The lowest BCUT2D eigenvalue weighted by molar-refractivity contribution is 0.174. The van der Waals surface area contributed by atoms with Gasteiger partial charge in [-0.15, -0.1) is 0 Å². The Labute approximate surface area is 256 Å². The van der Waals surface area contributed by atoms with Crippen LogP contribution in [-0.2, 0) is 22.9 Å². The molecule has 0 saturated carbocycles. The zero-order chi connectivity index (χ0) is 30.7. The molecule has 1 aromatic heterocycles. The van der Waals surface area contributed by atoms with Crippen LogP contribution < -0.4 is 14.9 Å². The number of aliphatic hydroxyl groups excluding tert-OH is 1. The van der Waals surface area contributed by atoms with Gasteiger partial charge in [-0.3, -0.25) is 4.98 Å². The van der Waals surface area contributed by atoms with Crippen LogP contribution >= 0.6 is 0 Å². The molecule has 232 valence electrons. The molecule has 0 bridgehead atoms. The quantitative estimate of drug-likeness (QED) is 0.184. The SMILES string of the molecule is CCCCCCCCN(C)C(=O)N(c1ccc(CCNCC(O)c2cccnc2)cc1)S(=O)(=O)c1ccc2c(c1)CCN2. The van der Waals surface area contributed by atoms with Crippen LogP contribution in [0.2, 0.25) is 0 Å². The summed E-state index contributed by atoms with van der Waals surface area (Å²) in [4.78, 5) is 19.4. The van der Waals surface area contributed by atoms with Gasteiger partial charge in [-0.2, -0.15) is 4.31 Å². The number of aliphatic hydroxyl groups is 1. The fourth-order valence-corrected chi connectivity index (χ4v) is 6.73. The van der Waals surface area contributed by atoms with E-state index in [-0.39, 0.29) is 4.90 Å². The predicted octanol–water partition coefficient (Wildman–Crippen LogP) is 5.52. The molecule has 3 N–H and O–H groups in total. The first kappa shape index (κ1) is 32.4. The molecule has 1 aliphatic heterocycles. The van der Waals surface area contributed by atoms with Crippen LogP contribution in [0.25, 0.3) is 0 Å². The van der Waals surface area contributed by atoms with Gasteiger partial charge in [0, 0.05) is 50.3 Å². The third-order valence-corrected chi connectivity index (χ3v) is 9.54. The molecular formula is C33H45N5O4S. The summed E-state index contributed by atoms with van der Waals surface area (Å²) in [7, 11) is -2.49. The molecule has 2 amide bonds. The van der Waals surface area contributed by atoms with Gasteiger partial charge in [0.25, 0.3) is 10.0 Å². The van der Waals surface area contributed by atoms with E-state index in [1.54, 1.807) is 55.8 Å². The van der Waals surface area contributed by atoms with Gasteiger partial charge in [-0.1, -0.05) is 57.2 Å². The van der Waals surface area contributed by atoms with Crippen LogP contribution in [0.15, 0.2) is 71.9 Å². The van der Waals surface area contributed by atoms with Crippen molar-refractivity contribution in [2.24, 2.45) is 0 Å². The Bertz CT molecular complexity index is 1420. The van der Waals surface area contributed by atoms with Crippen molar-refractivity contribution in [3.05, 3.63) is 83.7 Å². The van der Waals surface area contributed by atoms with E-state index in [2.05, 4.69) is 22.5 Å². The third kappa shape index (κ3) is 8.78. The van der Waals surface area contributed by atoms with Crippen LogP contribution in [0.5, 0.6) is 0 Å². The molecule has 3 aromatic rings. The van der Waals surface area contributed by atoms with E-state index in [1.807, 2.05) is 18.2 Å². The second-order valence-corrected chi connectivity index (χ2v) is 12.9. The summed E-state index contributed by atoms with van der Waals surface area (Å²) >= 11 is 0. The maximum absolute atomic E-state index is 14.0. The van der Waals surface area contributed by atoms with Gasteiger partial charge in [-0.25, -0.2) is 13.2 Å². The van der Waals surface area contributed by atoms with Crippen molar-refractivity contribution < 1.29 is 18.3 Å². The summed E-state index contributed by atoms with van der Waals surface area (Å²) in [5.74, 6) is 0. The number of urea groups is 1. The van der Waals surface area contributed by atoms with Crippen LogP contribution in [-0.4, -0.2) is 62.7 Å². The van der Waals surface area contributed by atoms with Crippen LogP contribution in [0.3, 0.4) is 0 Å². The second kappa shape index (κ2) is 15.8. The number of anilines is 2. The van der Waals surface area contributed by atoms with Gasteiger partial charge in [0.2, 0.25) is 0 Å². The van der Waals surface area contributed by atoms with E-state index in [0.717, 1.165) is 58.9 Å². The number of aromatic nitrogens is 1. The fraction of sp³-hybridized carbons (Fsp3) is 0.455. The molecule has 2 aromatic carbocycles. The zero-order valence-electron chi connectivity index (χ0n) is 25.3. The molecule has 43 heavy (non-hydrogen) atoms. The smallest absolute Gasteiger partial charge is 0.338 e.